The fourth-order valence-corrected chi connectivity index (χ4v) is 2.15. The number of halogens is 1. The van der Waals surface area contributed by atoms with Crippen molar-refractivity contribution in [1.82, 2.24) is 0 Å². The zero-order valence-electron chi connectivity index (χ0n) is 7.96. The van der Waals surface area contributed by atoms with Crippen LogP contribution in [-0.4, -0.2) is 0 Å². The van der Waals surface area contributed by atoms with Crippen molar-refractivity contribution < 1.29 is 9.50 Å². The molecule has 1 aliphatic rings. The topological polar surface area (TPSA) is 19.9 Å². The van der Waals surface area contributed by atoms with Crippen LogP contribution in [0.1, 0.15) is 11.1 Å². The molecule has 0 saturated heterocycles. The summed E-state index contributed by atoms with van der Waals surface area (Å²) in [5.41, 5.74) is 3.65. The van der Waals surface area contributed by atoms with Crippen molar-refractivity contribution in [2.45, 2.75) is 6.42 Å². The molecule has 0 heterocycles. The SMILES string of the molecule is [O]c1c(F)ccc2c1Cc1ccccc1-2. The number of rotatable bonds is 0. The summed E-state index contributed by atoms with van der Waals surface area (Å²) in [6.07, 6.45) is 0.558. The zero-order valence-corrected chi connectivity index (χ0v) is 7.96. The molecule has 73 valence electrons. The van der Waals surface area contributed by atoms with Crippen LogP contribution in [0.2, 0.25) is 0 Å². The predicted molar refractivity (Wildman–Crippen MR) is 54.8 cm³/mol. The normalized spacial score (nSPS) is 12.3. The van der Waals surface area contributed by atoms with Gasteiger partial charge in [-0.15, -0.1) is 0 Å². The van der Waals surface area contributed by atoms with E-state index in [9.17, 15) is 9.50 Å². The standard InChI is InChI=1S/C13H8FO/c14-12-6-5-10-9-4-2-1-3-8(9)7-11(10)13(12)15/h1-6H,7H2. The Morgan fingerprint density at radius 1 is 1.00 bits per heavy atom. The molecule has 2 heteroatoms. The Kier molecular flexibility index (Phi) is 1.60. The summed E-state index contributed by atoms with van der Waals surface area (Å²) in [7, 11) is 0. The van der Waals surface area contributed by atoms with E-state index in [2.05, 4.69) is 0 Å². The highest BCUT2D eigenvalue weighted by molar-refractivity contribution is 5.78. The molecule has 2 aromatic carbocycles. The molecule has 0 bridgehead atoms. The second-order valence-electron chi connectivity index (χ2n) is 3.74. The highest BCUT2D eigenvalue weighted by Crippen LogP contribution is 2.41. The first-order chi connectivity index (χ1) is 7.27. The first-order valence-corrected chi connectivity index (χ1v) is 4.84. The third kappa shape index (κ3) is 1.08. The maximum atomic E-state index is 13.1. The average Bonchev–Trinajstić information content (AvgIpc) is 2.63. The molecule has 0 spiro atoms. The van der Waals surface area contributed by atoms with Gasteiger partial charge < -0.3 is 0 Å². The molecule has 0 fully saturated rings. The van der Waals surface area contributed by atoms with Crippen LogP contribution in [0.4, 0.5) is 4.39 Å². The molecular weight excluding hydrogens is 191 g/mol. The summed E-state index contributed by atoms with van der Waals surface area (Å²) in [6.45, 7) is 0. The highest BCUT2D eigenvalue weighted by Gasteiger charge is 2.23. The molecule has 1 aliphatic carbocycles. The Labute approximate surface area is 86.8 Å². The second kappa shape index (κ2) is 2.83. The molecule has 0 aromatic heterocycles. The van der Waals surface area contributed by atoms with Crippen molar-refractivity contribution >= 4 is 0 Å². The Morgan fingerprint density at radius 3 is 2.67 bits per heavy atom. The van der Waals surface area contributed by atoms with E-state index in [-0.39, 0.29) is 0 Å². The maximum absolute atomic E-state index is 13.1. The van der Waals surface area contributed by atoms with Gasteiger partial charge in [0.2, 0.25) is 5.75 Å². The van der Waals surface area contributed by atoms with Crippen molar-refractivity contribution in [3.8, 4) is 16.9 Å². The van der Waals surface area contributed by atoms with E-state index < -0.39 is 11.6 Å². The van der Waals surface area contributed by atoms with Gasteiger partial charge >= 0.3 is 0 Å². The summed E-state index contributed by atoms with van der Waals surface area (Å²) in [6, 6.07) is 10.8. The molecule has 1 nitrogen and oxygen atoms in total. The van der Waals surface area contributed by atoms with E-state index in [0.29, 0.717) is 12.0 Å². The molecule has 0 unspecified atom stereocenters. The lowest BCUT2D eigenvalue weighted by molar-refractivity contribution is 0.326. The smallest absolute Gasteiger partial charge is 0.218 e. The Hall–Kier alpha value is -1.83. The number of hydrogen-bond acceptors (Lipinski definition) is 0. The van der Waals surface area contributed by atoms with Gasteiger partial charge in [0.05, 0.1) is 0 Å². The van der Waals surface area contributed by atoms with E-state index in [0.717, 1.165) is 16.7 Å². The van der Waals surface area contributed by atoms with Crippen LogP contribution in [0, 0.1) is 5.82 Å². The molecule has 1 radical (unpaired) electrons. The summed E-state index contributed by atoms with van der Waals surface area (Å²) in [4.78, 5) is 0. The predicted octanol–water partition coefficient (Wildman–Crippen LogP) is 3.54. The Bertz CT molecular complexity index is 546. The van der Waals surface area contributed by atoms with Gasteiger partial charge in [-0.2, -0.15) is 0 Å². The van der Waals surface area contributed by atoms with E-state index >= 15 is 0 Å². The number of benzene rings is 2. The van der Waals surface area contributed by atoms with E-state index in [1.54, 1.807) is 6.07 Å². The molecule has 0 amide bonds. The van der Waals surface area contributed by atoms with Crippen LogP contribution < -0.4 is 0 Å². The molecule has 3 rings (SSSR count). The van der Waals surface area contributed by atoms with Crippen molar-refractivity contribution in [2.75, 3.05) is 0 Å². The largest absolute Gasteiger partial charge is 0.286 e. The first-order valence-electron chi connectivity index (χ1n) is 4.84. The van der Waals surface area contributed by atoms with Crippen molar-refractivity contribution in [1.29, 1.82) is 0 Å². The molecule has 0 atom stereocenters. The van der Waals surface area contributed by atoms with E-state index in [4.69, 9.17) is 0 Å². The van der Waals surface area contributed by atoms with Crippen LogP contribution in [0.15, 0.2) is 36.4 Å². The highest BCUT2D eigenvalue weighted by atomic mass is 19.1. The van der Waals surface area contributed by atoms with Crippen molar-refractivity contribution in [2.24, 2.45) is 0 Å². The summed E-state index contributed by atoms with van der Waals surface area (Å²) in [5, 5.41) is 11.6. The minimum absolute atomic E-state index is 0.455. The first kappa shape index (κ1) is 8.48. The zero-order chi connectivity index (χ0) is 10.4. The second-order valence-corrected chi connectivity index (χ2v) is 3.74. The van der Waals surface area contributed by atoms with Gasteiger partial charge in [0, 0.05) is 12.0 Å². The third-order valence-electron chi connectivity index (χ3n) is 2.89. The van der Waals surface area contributed by atoms with Gasteiger partial charge in [-0.25, -0.2) is 4.39 Å². The van der Waals surface area contributed by atoms with Gasteiger partial charge in [0.25, 0.3) is 0 Å². The average molecular weight is 199 g/mol. The Balaban J connectivity index is 2.31. The number of hydrogen-bond donors (Lipinski definition) is 0. The lowest BCUT2D eigenvalue weighted by Crippen LogP contribution is -1.84. The summed E-state index contributed by atoms with van der Waals surface area (Å²) >= 11 is 0. The summed E-state index contributed by atoms with van der Waals surface area (Å²) < 4.78 is 13.1. The number of fused-ring (bicyclic) bond motifs is 3. The molecule has 0 aliphatic heterocycles. The van der Waals surface area contributed by atoms with Crippen LogP contribution >= 0.6 is 0 Å². The van der Waals surface area contributed by atoms with Crippen molar-refractivity contribution in [3.05, 3.63) is 53.3 Å². The van der Waals surface area contributed by atoms with Gasteiger partial charge in [0.1, 0.15) is 0 Å². The molecular formula is C13H8FO. The fourth-order valence-electron chi connectivity index (χ4n) is 2.15. The van der Waals surface area contributed by atoms with E-state index in [1.807, 2.05) is 24.3 Å². The molecule has 2 aromatic rings. The van der Waals surface area contributed by atoms with E-state index in [1.165, 1.54) is 6.07 Å². The van der Waals surface area contributed by atoms with Crippen molar-refractivity contribution in [3.63, 3.8) is 0 Å². The summed E-state index contributed by atoms with van der Waals surface area (Å²) in [5.74, 6) is -1.11. The van der Waals surface area contributed by atoms with Gasteiger partial charge in [-0.3, -0.25) is 5.11 Å². The quantitative estimate of drug-likeness (QED) is 0.527. The van der Waals surface area contributed by atoms with Gasteiger partial charge in [0.15, 0.2) is 5.82 Å². The maximum Gasteiger partial charge on any atom is 0.218 e. The minimum Gasteiger partial charge on any atom is -0.286 e. The van der Waals surface area contributed by atoms with Gasteiger partial charge in [-0.1, -0.05) is 30.3 Å². The van der Waals surface area contributed by atoms with Gasteiger partial charge in [-0.05, 0) is 22.8 Å². The van der Waals surface area contributed by atoms with Crippen LogP contribution in [0.5, 0.6) is 5.75 Å². The van der Waals surface area contributed by atoms with Crippen LogP contribution in [0.25, 0.3) is 11.1 Å². The van der Waals surface area contributed by atoms with Crippen LogP contribution in [-0.2, 0) is 11.5 Å². The van der Waals surface area contributed by atoms with Crippen LogP contribution in [0.3, 0.4) is 0 Å². The monoisotopic (exact) mass is 199 g/mol. The fraction of sp³-hybridized carbons (Fsp3) is 0.0769. The minimum atomic E-state index is -0.651. The molecule has 0 saturated carbocycles. The molecule has 0 N–H and O–H groups in total. The lowest BCUT2D eigenvalue weighted by atomic mass is 10.1. The lowest BCUT2D eigenvalue weighted by Gasteiger charge is -2.01. The third-order valence-corrected chi connectivity index (χ3v) is 2.89. The Morgan fingerprint density at radius 2 is 1.80 bits per heavy atom. The molecule has 15 heavy (non-hydrogen) atoms.